The number of ether oxygens (including phenoxy) is 1. The van der Waals surface area contributed by atoms with Gasteiger partial charge in [-0.15, -0.1) is 11.3 Å². The number of hydrogen-bond acceptors (Lipinski definition) is 5. The highest BCUT2D eigenvalue weighted by atomic mass is 32.1. The highest BCUT2D eigenvalue weighted by Gasteiger charge is 2.09. The molecular formula is C16H18N2O4S. The molecule has 1 aromatic carbocycles. The summed E-state index contributed by atoms with van der Waals surface area (Å²) in [4.78, 5) is 26.5. The van der Waals surface area contributed by atoms with E-state index in [1.54, 1.807) is 7.11 Å². The maximum atomic E-state index is 11.8. The molecule has 1 heterocycles. The Balaban J connectivity index is 1.71. The van der Waals surface area contributed by atoms with Crippen molar-refractivity contribution in [3.63, 3.8) is 0 Å². The van der Waals surface area contributed by atoms with Crippen LogP contribution >= 0.6 is 11.3 Å². The molecule has 2 rings (SSSR count). The maximum absolute atomic E-state index is 11.8. The summed E-state index contributed by atoms with van der Waals surface area (Å²) in [5, 5.41) is 13.8. The van der Waals surface area contributed by atoms with Crippen LogP contribution in [0.15, 0.2) is 29.6 Å². The normalized spacial score (nSPS) is 10.3. The summed E-state index contributed by atoms with van der Waals surface area (Å²) >= 11 is 1.29. The number of nitrogens with zero attached hydrogens (tertiary/aromatic N) is 1. The molecule has 2 aromatic rings. The molecular weight excluding hydrogens is 316 g/mol. The molecule has 0 radical (unpaired) electrons. The largest absolute Gasteiger partial charge is 0.497 e. The molecule has 6 nitrogen and oxygen atoms in total. The van der Waals surface area contributed by atoms with Gasteiger partial charge in [0.15, 0.2) is 5.69 Å². The van der Waals surface area contributed by atoms with Crippen molar-refractivity contribution in [2.45, 2.75) is 19.3 Å². The Morgan fingerprint density at radius 2 is 2.17 bits per heavy atom. The van der Waals surface area contributed by atoms with E-state index in [2.05, 4.69) is 10.3 Å². The maximum Gasteiger partial charge on any atom is 0.355 e. The lowest BCUT2D eigenvalue weighted by molar-refractivity contribution is -0.121. The predicted molar refractivity (Wildman–Crippen MR) is 87.1 cm³/mol. The molecule has 0 atom stereocenters. The van der Waals surface area contributed by atoms with Gasteiger partial charge < -0.3 is 15.2 Å². The average molecular weight is 334 g/mol. The summed E-state index contributed by atoms with van der Waals surface area (Å²) in [6, 6.07) is 7.63. The van der Waals surface area contributed by atoms with Crippen LogP contribution in [0, 0.1) is 0 Å². The summed E-state index contributed by atoms with van der Waals surface area (Å²) in [5.41, 5.74) is 1.10. The number of carbonyl (C=O) groups is 2. The second kappa shape index (κ2) is 8.28. The zero-order valence-corrected chi connectivity index (χ0v) is 13.6. The highest BCUT2D eigenvalue weighted by Crippen LogP contribution is 2.14. The molecule has 2 N–H and O–H groups in total. The van der Waals surface area contributed by atoms with Crippen LogP contribution in [0.5, 0.6) is 5.75 Å². The number of aryl methyl sites for hydroxylation is 1. The first-order valence-corrected chi connectivity index (χ1v) is 8.04. The first-order valence-electron chi connectivity index (χ1n) is 7.16. The fraction of sp³-hybridized carbons (Fsp3) is 0.312. The Labute approximate surface area is 138 Å². The lowest BCUT2D eigenvalue weighted by atomic mass is 10.1. The summed E-state index contributed by atoms with van der Waals surface area (Å²) in [7, 11) is 1.61. The van der Waals surface area contributed by atoms with Gasteiger partial charge >= 0.3 is 5.97 Å². The summed E-state index contributed by atoms with van der Waals surface area (Å²) < 4.78 is 5.15. The van der Waals surface area contributed by atoms with Gasteiger partial charge in [-0.1, -0.05) is 12.1 Å². The molecule has 0 saturated heterocycles. The van der Waals surface area contributed by atoms with Gasteiger partial charge in [0, 0.05) is 24.8 Å². The molecule has 0 aliphatic carbocycles. The Morgan fingerprint density at radius 3 is 2.87 bits per heavy atom. The average Bonchev–Trinajstić information content (AvgIpc) is 3.02. The van der Waals surface area contributed by atoms with Gasteiger partial charge in [0.2, 0.25) is 5.91 Å². The molecule has 0 fully saturated rings. The number of thiazole rings is 1. The zero-order chi connectivity index (χ0) is 16.7. The second-order valence-electron chi connectivity index (χ2n) is 4.88. The number of rotatable bonds is 8. The van der Waals surface area contributed by atoms with E-state index in [1.807, 2.05) is 24.3 Å². The summed E-state index contributed by atoms with van der Waals surface area (Å²) in [5.74, 6) is -0.293. The van der Waals surface area contributed by atoms with Crippen molar-refractivity contribution in [3.8, 4) is 5.75 Å². The molecule has 0 spiro atoms. The molecule has 1 aromatic heterocycles. The first kappa shape index (κ1) is 17.0. The van der Waals surface area contributed by atoms with E-state index in [1.165, 1.54) is 16.7 Å². The monoisotopic (exact) mass is 334 g/mol. The van der Waals surface area contributed by atoms with Crippen molar-refractivity contribution in [2.24, 2.45) is 0 Å². The van der Waals surface area contributed by atoms with Gasteiger partial charge in [-0.2, -0.15) is 0 Å². The lowest BCUT2D eigenvalue weighted by Crippen LogP contribution is -2.25. The van der Waals surface area contributed by atoms with E-state index in [0.29, 0.717) is 30.8 Å². The Morgan fingerprint density at radius 1 is 1.35 bits per heavy atom. The van der Waals surface area contributed by atoms with Crippen LogP contribution in [0.3, 0.4) is 0 Å². The third kappa shape index (κ3) is 5.37. The quantitative estimate of drug-likeness (QED) is 0.772. The number of methoxy groups -OCH3 is 1. The predicted octanol–water partition coefficient (Wildman–Crippen LogP) is 2.14. The number of carboxylic acids is 1. The number of carbonyl (C=O) groups excluding carboxylic acids is 1. The Bertz CT molecular complexity index is 684. The standard InChI is InChI=1S/C16H18N2O4S/c1-22-12-4-2-3-11(9-12)5-6-14(19)17-8-7-15-18-13(10-23-15)16(20)21/h2-4,9-10H,5-8H2,1H3,(H,17,19)(H,20,21). The number of hydrogen-bond donors (Lipinski definition) is 2. The van der Waals surface area contributed by atoms with Crippen molar-refractivity contribution in [1.29, 1.82) is 0 Å². The van der Waals surface area contributed by atoms with Crippen LogP contribution in [-0.4, -0.2) is 35.6 Å². The van der Waals surface area contributed by atoms with Crippen molar-refractivity contribution in [2.75, 3.05) is 13.7 Å². The molecule has 0 aliphatic rings. The molecule has 0 aliphatic heterocycles. The molecule has 23 heavy (non-hydrogen) atoms. The fourth-order valence-corrected chi connectivity index (χ4v) is 2.78. The number of aromatic nitrogens is 1. The minimum absolute atomic E-state index is 0.0390. The van der Waals surface area contributed by atoms with Gasteiger partial charge in [0.1, 0.15) is 5.75 Å². The molecule has 0 unspecified atom stereocenters. The smallest absolute Gasteiger partial charge is 0.355 e. The molecule has 0 saturated carbocycles. The molecule has 122 valence electrons. The van der Waals surface area contributed by atoms with Crippen molar-refractivity contribution in [3.05, 3.63) is 45.9 Å². The van der Waals surface area contributed by atoms with E-state index in [9.17, 15) is 9.59 Å². The van der Waals surface area contributed by atoms with E-state index in [4.69, 9.17) is 9.84 Å². The first-order chi connectivity index (χ1) is 11.1. The van der Waals surface area contributed by atoms with Gasteiger partial charge in [-0.25, -0.2) is 9.78 Å². The lowest BCUT2D eigenvalue weighted by Gasteiger charge is -2.06. The van der Waals surface area contributed by atoms with Crippen molar-refractivity contribution < 1.29 is 19.4 Å². The van der Waals surface area contributed by atoms with Gasteiger partial charge in [-0.05, 0) is 24.1 Å². The SMILES string of the molecule is COc1cccc(CCC(=O)NCCc2nc(C(=O)O)cs2)c1. The Kier molecular flexibility index (Phi) is 6.10. The summed E-state index contributed by atoms with van der Waals surface area (Å²) in [6.07, 6.45) is 1.57. The minimum Gasteiger partial charge on any atom is -0.497 e. The van der Waals surface area contributed by atoms with Crippen LogP contribution in [0.1, 0.15) is 27.5 Å². The number of amides is 1. The van der Waals surface area contributed by atoms with Crippen LogP contribution in [-0.2, 0) is 17.6 Å². The fourth-order valence-electron chi connectivity index (χ4n) is 2.01. The van der Waals surface area contributed by atoms with E-state index in [-0.39, 0.29) is 11.6 Å². The third-order valence-corrected chi connectivity index (χ3v) is 4.12. The molecule has 0 bridgehead atoms. The van der Waals surface area contributed by atoms with E-state index in [0.717, 1.165) is 11.3 Å². The summed E-state index contributed by atoms with van der Waals surface area (Å²) in [6.45, 7) is 0.448. The molecule has 7 heteroatoms. The second-order valence-corrected chi connectivity index (χ2v) is 5.83. The van der Waals surface area contributed by atoms with Gasteiger partial charge in [0.05, 0.1) is 12.1 Å². The number of benzene rings is 1. The number of aromatic carboxylic acids is 1. The highest BCUT2D eigenvalue weighted by molar-refractivity contribution is 7.09. The minimum atomic E-state index is -1.03. The zero-order valence-electron chi connectivity index (χ0n) is 12.7. The van der Waals surface area contributed by atoms with Gasteiger partial charge in [0.25, 0.3) is 0 Å². The van der Waals surface area contributed by atoms with Crippen LogP contribution in [0.25, 0.3) is 0 Å². The van der Waals surface area contributed by atoms with Crippen LogP contribution in [0.4, 0.5) is 0 Å². The number of carboxylic acid groups (broad SMARTS) is 1. The van der Waals surface area contributed by atoms with Crippen LogP contribution in [0.2, 0.25) is 0 Å². The van der Waals surface area contributed by atoms with E-state index < -0.39 is 5.97 Å². The van der Waals surface area contributed by atoms with Crippen molar-refractivity contribution >= 4 is 23.2 Å². The van der Waals surface area contributed by atoms with E-state index >= 15 is 0 Å². The topological polar surface area (TPSA) is 88.5 Å². The molecule has 1 amide bonds. The van der Waals surface area contributed by atoms with Crippen LogP contribution < -0.4 is 10.1 Å². The third-order valence-electron chi connectivity index (χ3n) is 3.21. The number of nitrogens with one attached hydrogen (secondary N) is 1. The van der Waals surface area contributed by atoms with Crippen molar-refractivity contribution in [1.82, 2.24) is 10.3 Å². The van der Waals surface area contributed by atoms with Gasteiger partial charge in [-0.3, -0.25) is 4.79 Å². The Hall–Kier alpha value is -2.41.